The van der Waals surface area contributed by atoms with E-state index in [1.54, 1.807) is 5.32 Å². The lowest BCUT2D eigenvalue weighted by Gasteiger charge is -2.21. The molecule has 0 saturated carbocycles. The van der Waals surface area contributed by atoms with E-state index in [1.165, 1.54) is 5.32 Å². The summed E-state index contributed by atoms with van der Waals surface area (Å²) in [5, 5.41) is 2.60. The van der Waals surface area contributed by atoms with Crippen molar-refractivity contribution in [1.82, 2.24) is 10.6 Å². The largest absolute Gasteiger partial charge is 0.417 e. The van der Waals surface area contributed by atoms with E-state index < -0.39 is 93.4 Å². The van der Waals surface area contributed by atoms with Crippen LogP contribution in [0.4, 0.5) is 52.7 Å². The number of carbonyl (C=O) groups excluding carboxylic acids is 2. The lowest BCUT2D eigenvalue weighted by atomic mass is 9.93. The number of halogens is 13. The van der Waals surface area contributed by atoms with Gasteiger partial charge >= 0.3 is 18.5 Å². The molecule has 232 valence electrons. The molecule has 4 nitrogen and oxygen atoms in total. The standard InChI is InChI=1S/C25H19ClF12N2O2/c1-11(20(41)39-10-23(30,31)32)40-21(42)16-4-3-12(7-18(16)25(36,37)38)19(27)9-17(24(33,34)35)13-5-14(22(2,28)29)8-15(26)6-13/h3-9,11,17H,10H2,1-2H3,(H,39,41)(H,40,42)/b19-9-/t11-,17?/m1/s1. The molecule has 0 fully saturated rings. The Morgan fingerprint density at radius 2 is 1.52 bits per heavy atom. The Kier molecular flexibility index (Phi) is 10.3. The molecule has 0 heterocycles. The average molecular weight is 643 g/mol. The van der Waals surface area contributed by atoms with Crippen LogP contribution in [0.1, 0.15) is 52.4 Å². The Hall–Kier alpha value is -3.43. The van der Waals surface area contributed by atoms with Gasteiger partial charge in [0.05, 0.1) is 11.1 Å². The van der Waals surface area contributed by atoms with Gasteiger partial charge < -0.3 is 10.6 Å². The summed E-state index contributed by atoms with van der Waals surface area (Å²) in [4.78, 5) is 24.1. The molecule has 2 N–H and O–H groups in total. The van der Waals surface area contributed by atoms with Gasteiger partial charge in [0.1, 0.15) is 24.3 Å². The van der Waals surface area contributed by atoms with Crippen LogP contribution in [0.3, 0.4) is 0 Å². The predicted octanol–water partition coefficient (Wildman–Crippen LogP) is 7.92. The zero-order valence-corrected chi connectivity index (χ0v) is 21.9. The summed E-state index contributed by atoms with van der Waals surface area (Å²) in [6, 6.07) is 0.821. The number of carbonyl (C=O) groups is 2. The highest BCUT2D eigenvalue weighted by molar-refractivity contribution is 6.30. The molecule has 2 atom stereocenters. The number of nitrogens with one attached hydrogen (secondary N) is 2. The van der Waals surface area contributed by atoms with Gasteiger partial charge in [0.2, 0.25) is 5.91 Å². The maximum absolute atomic E-state index is 15.0. The number of hydrogen-bond donors (Lipinski definition) is 2. The van der Waals surface area contributed by atoms with Crippen molar-refractivity contribution in [3.63, 3.8) is 0 Å². The topological polar surface area (TPSA) is 58.2 Å². The molecule has 2 amide bonds. The smallest absolute Gasteiger partial charge is 0.345 e. The Morgan fingerprint density at radius 1 is 0.929 bits per heavy atom. The third kappa shape index (κ3) is 9.56. The summed E-state index contributed by atoms with van der Waals surface area (Å²) >= 11 is 5.66. The van der Waals surface area contributed by atoms with E-state index >= 15 is 4.39 Å². The van der Waals surface area contributed by atoms with Crippen LogP contribution in [-0.4, -0.2) is 36.8 Å². The third-order valence-electron chi connectivity index (χ3n) is 5.50. The molecule has 1 unspecified atom stereocenters. The van der Waals surface area contributed by atoms with E-state index in [1.807, 2.05) is 0 Å². The van der Waals surface area contributed by atoms with Gasteiger partial charge in [-0.15, -0.1) is 0 Å². The number of hydrogen-bond acceptors (Lipinski definition) is 2. The number of alkyl halides is 11. The number of amides is 2. The Balaban J connectivity index is 2.49. The fourth-order valence-corrected chi connectivity index (χ4v) is 3.72. The Morgan fingerprint density at radius 3 is 2.02 bits per heavy atom. The molecule has 0 spiro atoms. The SMILES string of the molecule is C[C@@H](NC(=O)c1ccc(/C(F)=C/C(c2cc(Cl)cc(C(C)(F)F)c2)C(F)(F)F)cc1C(F)(F)F)C(=O)NCC(F)(F)F. The average Bonchev–Trinajstić information content (AvgIpc) is 2.82. The summed E-state index contributed by atoms with van der Waals surface area (Å²) in [5.41, 5.74) is -6.06. The first-order chi connectivity index (χ1) is 18.9. The van der Waals surface area contributed by atoms with E-state index in [4.69, 9.17) is 11.6 Å². The monoisotopic (exact) mass is 642 g/mol. The van der Waals surface area contributed by atoms with Crippen LogP contribution >= 0.6 is 11.6 Å². The summed E-state index contributed by atoms with van der Waals surface area (Å²) < 4.78 is 162. The molecule has 0 saturated heterocycles. The molecule has 2 aromatic rings. The van der Waals surface area contributed by atoms with Crippen LogP contribution in [0.25, 0.3) is 5.83 Å². The lowest BCUT2D eigenvalue weighted by molar-refractivity contribution is -0.140. The zero-order valence-electron chi connectivity index (χ0n) is 21.1. The Bertz CT molecular complexity index is 1340. The van der Waals surface area contributed by atoms with Gasteiger partial charge in [-0.1, -0.05) is 17.7 Å². The van der Waals surface area contributed by atoms with Gasteiger partial charge in [0.25, 0.3) is 11.8 Å². The van der Waals surface area contributed by atoms with Crippen LogP contribution in [0, 0.1) is 0 Å². The molecule has 0 aliphatic rings. The van der Waals surface area contributed by atoms with E-state index in [0.717, 1.165) is 6.92 Å². The second kappa shape index (κ2) is 12.4. The highest BCUT2D eigenvalue weighted by Gasteiger charge is 2.41. The van der Waals surface area contributed by atoms with Crippen molar-refractivity contribution < 1.29 is 62.3 Å². The second-order valence-corrected chi connectivity index (χ2v) is 9.42. The van der Waals surface area contributed by atoms with Crippen LogP contribution in [0.2, 0.25) is 5.02 Å². The normalized spacial score (nSPS) is 14.8. The Labute approximate surface area is 234 Å². The van der Waals surface area contributed by atoms with Crippen molar-refractivity contribution >= 4 is 29.2 Å². The van der Waals surface area contributed by atoms with Crippen molar-refractivity contribution in [2.24, 2.45) is 0 Å². The van der Waals surface area contributed by atoms with Gasteiger partial charge in [0.15, 0.2) is 0 Å². The van der Waals surface area contributed by atoms with E-state index in [-0.39, 0.29) is 12.1 Å². The summed E-state index contributed by atoms with van der Waals surface area (Å²) in [6.45, 7) is -0.565. The van der Waals surface area contributed by atoms with Crippen molar-refractivity contribution in [3.8, 4) is 0 Å². The maximum atomic E-state index is 15.0. The van der Waals surface area contributed by atoms with Gasteiger partial charge in [-0.2, -0.15) is 39.5 Å². The minimum absolute atomic E-state index is 0.00777. The van der Waals surface area contributed by atoms with Crippen LogP contribution in [-0.2, 0) is 16.9 Å². The fourth-order valence-electron chi connectivity index (χ4n) is 3.47. The van der Waals surface area contributed by atoms with Crippen LogP contribution in [0.5, 0.6) is 0 Å². The van der Waals surface area contributed by atoms with Gasteiger partial charge in [-0.3, -0.25) is 9.59 Å². The fraction of sp³-hybridized carbons (Fsp3) is 0.360. The maximum Gasteiger partial charge on any atom is 0.417 e. The molecule has 0 bridgehead atoms. The van der Waals surface area contributed by atoms with Crippen LogP contribution < -0.4 is 10.6 Å². The highest BCUT2D eigenvalue weighted by Crippen LogP contribution is 2.42. The van der Waals surface area contributed by atoms with E-state index in [2.05, 4.69) is 0 Å². The van der Waals surface area contributed by atoms with Crippen molar-refractivity contribution in [3.05, 3.63) is 75.3 Å². The molecule has 0 aliphatic carbocycles. The van der Waals surface area contributed by atoms with Crippen molar-refractivity contribution in [2.45, 2.75) is 50.3 Å². The summed E-state index contributed by atoms with van der Waals surface area (Å²) in [5.74, 6) is -11.5. The first-order valence-electron chi connectivity index (χ1n) is 11.4. The van der Waals surface area contributed by atoms with Crippen molar-refractivity contribution in [2.75, 3.05) is 6.54 Å². The predicted molar refractivity (Wildman–Crippen MR) is 126 cm³/mol. The van der Waals surface area contributed by atoms with Crippen LogP contribution in [0.15, 0.2) is 42.5 Å². The lowest BCUT2D eigenvalue weighted by Crippen LogP contribution is -2.47. The summed E-state index contributed by atoms with van der Waals surface area (Å²) in [6.07, 6.45) is -15.7. The molecule has 17 heteroatoms. The molecule has 2 rings (SSSR count). The van der Waals surface area contributed by atoms with Crippen molar-refractivity contribution in [1.29, 1.82) is 0 Å². The first kappa shape index (κ1) is 34.8. The van der Waals surface area contributed by atoms with E-state index in [0.29, 0.717) is 37.3 Å². The number of benzene rings is 2. The molecular weight excluding hydrogens is 624 g/mol. The number of allylic oxidation sites excluding steroid dienone is 1. The molecule has 2 aromatic carbocycles. The molecule has 42 heavy (non-hydrogen) atoms. The first-order valence-corrected chi connectivity index (χ1v) is 11.8. The van der Waals surface area contributed by atoms with E-state index in [9.17, 15) is 57.9 Å². The minimum Gasteiger partial charge on any atom is -0.345 e. The number of rotatable bonds is 8. The third-order valence-corrected chi connectivity index (χ3v) is 5.72. The summed E-state index contributed by atoms with van der Waals surface area (Å²) in [7, 11) is 0. The van der Waals surface area contributed by atoms with Gasteiger partial charge in [-0.25, -0.2) is 13.2 Å². The highest BCUT2D eigenvalue weighted by atomic mass is 35.5. The molecular formula is C25H19ClF12N2O2. The second-order valence-electron chi connectivity index (χ2n) is 8.98. The van der Waals surface area contributed by atoms with Gasteiger partial charge in [-0.05, 0) is 48.9 Å². The molecule has 0 radical (unpaired) electrons. The minimum atomic E-state index is -5.40. The quantitative estimate of drug-likeness (QED) is 0.288. The zero-order chi connectivity index (χ0) is 32.4. The molecule has 0 aliphatic heterocycles. The van der Waals surface area contributed by atoms with Gasteiger partial charge in [0, 0.05) is 23.1 Å². The molecule has 0 aromatic heterocycles.